The minimum absolute atomic E-state index is 0.164. The quantitative estimate of drug-likeness (QED) is 0.801. The third-order valence-corrected chi connectivity index (χ3v) is 5.46. The molecule has 0 radical (unpaired) electrons. The first-order chi connectivity index (χ1) is 12.1. The van der Waals surface area contributed by atoms with Crippen molar-refractivity contribution < 1.29 is 13.6 Å². The van der Waals surface area contributed by atoms with Crippen LogP contribution >= 0.6 is 0 Å². The standard InChI is InChI=1S/C20H21FN2O2/c1-2-9-22-10-7-20(8-11-22)14-23(19(24)18-4-3-12-25-18)17-6-5-15(21)13-16(17)20/h2-6,12-13H,1,7-11,14H2. The minimum Gasteiger partial charge on any atom is -0.459 e. The number of hydrogen-bond donors (Lipinski definition) is 0. The molecular weight excluding hydrogens is 319 g/mol. The molecule has 2 aliphatic heterocycles. The Labute approximate surface area is 146 Å². The molecule has 0 aliphatic carbocycles. The summed E-state index contributed by atoms with van der Waals surface area (Å²) in [6.45, 7) is 7.08. The lowest BCUT2D eigenvalue weighted by Crippen LogP contribution is -2.46. The van der Waals surface area contributed by atoms with Crippen molar-refractivity contribution in [3.63, 3.8) is 0 Å². The summed E-state index contributed by atoms with van der Waals surface area (Å²) in [7, 11) is 0. The molecule has 1 fully saturated rings. The van der Waals surface area contributed by atoms with Crippen molar-refractivity contribution in [2.24, 2.45) is 0 Å². The maximum atomic E-state index is 14.0. The molecule has 5 heteroatoms. The van der Waals surface area contributed by atoms with Crippen molar-refractivity contribution in [2.45, 2.75) is 18.3 Å². The van der Waals surface area contributed by atoms with Gasteiger partial charge in [-0.1, -0.05) is 6.08 Å². The van der Waals surface area contributed by atoms with Gasteiger partial charge in [-0.3, -0.25) is 9.69 Å². The highest BCUT2D eigenvalue weighted by Crippen LogP contribution is 2.47. The Kier molecular flexibility index (Phi) is 3.96. The van der Waals surface area contributed by atoms with Gasteiger partial charge in [0.2, 0.25) is 0 Å². The zero-order valence-electron chi connectivity index (χ0n) is 14.1. The Morgan fingerprint density at radius 1 is 1.32 bits per heavy atom. The Morgan fingerprint density at radius 2 is 2.12 bits per heavy atom. The lowest BCUT2D eigenvalue weighted by molar-refractivity contribution is 0.0951. The number of carbonyl (C=O) groups excluding carboxylic acids is 1. The molecule has 0 saturated carbocycles. The van der Waals surface area contributed by atoms with E-state index in [4.69, 9.17) is 4.42 Å². The lowest BCUT2D eigenvalue weighted by Gasteiger charge is -2.39. The fourth-order valence-corrected chi connectivity index (χ4v) is 4.13. The molecule has 0 atom stereocenters. The minimum atomic E-state index is -0.251. The predicted molar refractivity (Wildman–Crippen MR) is 94.3 cm³/mol. The maximum Gasteiger partial charge on any atom is 0.293 e. The van der Waals surface area contributed by atoms with E-state index in [1.54, 1.807) is 29.2 Å². The number of carbonyl (C=O) groups is 1. The van der Waals surface area contributed by atoms with Gasteiger partial charge in [0.05, 0.1) is 6.26 Å². The fraction of sp³-hybridized carbons (Fsp3) is 0.350. The third-order valence-electron chi connectivity index (χ3n) is 5.46. The normalized spacial score (nSPS) is 19.2. The number of nitrogens with zero attached hydrogens (tertiary/aromatic N) is 2. The summed E-state index contributed by atoms with van der Waals surface area (Å²) in [5, 5.41) is 0. The molecule has 1 spiro atoms. The molecule has 4 rings (SSSR count). The highest BCUT2D eigenvalue weighted by atomic mass is 19.1. The lowest BCUT2D eigenvalue weighted by atomic mass is 9.74. The molecule has 4 nitrogen and oxygen atoms in total. The number of rotatable bonds is 3. The van der Waals surface area contributed by atoms with E-state index in [1.165, 1.54) is 12.3 Å². The van der Waals surface area contributed by atoms with E-state index >= 15 is 0 Å². The van der Waals surface area contributed by atoms with Crippen molar-refractivity contribution in [3.8, 4) is 0 Å². The molecule has 130 valence electrons. The summed E-state index contributed by atoms with van der Waals surface area (Å²) < 4.78 is 19.2. The molecule has 1 amide bonds. The number of benzene rings is 1. The first-order valence-electron chi connectivity index (χ1n) is 8.62. The number of fused-ring (bicyclic) bond motifs is 2. The summed E-state index contributed by atoms with van der Waals surface area (Å²) in [4.78, 5) is 17.0. The SMILES string of the molecule is C=CCN1CCC2(CC1)CN(C(=O)c1ccco1)c1ccc(F)cc12. The van der Waals surface area contributed by atoms with Gasteiger partial charge in [-0.25, -0.2) is 4.39 Å². The number of piperidine rings is 1. The molecule has 1 aromatic carbocycles. The van der Waals surface area contributed by atoms with Crippen LogP contribution in [-0.4, -0.2) is 37.0 Å². The van der Waals surface area contributed by atoms with Crippen LogP contribution in [0.2, 0.25) is 0 Å². The Hall–Kier alpha value is -2.40. The van der Waals surface area contributed by atoms with Crippen LogP contribution in [0, 0.1) is 5.82 Å². The molecule has 1 aromatic heterocycles. The van der Waals surface area contributed by atoms with Crippen LogP contribution in [0.4, 0.5) is 10.1 Å². The summed E-state index contributed by atoms with van der Waals surface area (Å²) in [5.74, 6) is -0.0985. The average Bonchev–Trinajstić information content (AvgIpc) is 3.25. The number of likely N-dealkylation sites (tertiary alicyclic amines) is 1. The highest BCUT2D eigenvalue weighted by molar-refractivity contribution is 6.06. The van der Waals surface area contributed by atoms with E-state index in [2.05, 4.69) is 11.5 Å². The first kappa shape index (κ1) is 16.1. The monoisotopic (exact) mass is 340 g/mol. The van der Waals surface area contributed by atoms with E-state index in [9.17, 15) is 9.18 Å². The number of amides is 1. The first-order valence-corrected chi connectivity index (χ1v) is 8.62. The second kappa shape index (κ2) is 6.15. The zero-order chi connectivity index (χ0) is 17.4. The van der Waals surface area contributed by atoms with Gasteiger partial charge in [0, 0.05) is 24.2 Å². The van der Waals surface area contributed by atoms with Crippen LogP contribution in [0.3, 0.4) is 0 Å². The van der Waals surface area contributed by atoms with Gasteiger partial charge in [-0.05, 0) is 61.8 Å². The summed E-state index contributed by atoms with van der Waals surface area (Å²) in [6, 6.07) is 8.12. The van der Waals surface area contributed by atoms with E-state index in [-0.39, 0.29) is 17.1 Å². The third kappa shape index (κ3) is 2.68. The van der Waals surface area contributed by atoms with E-state index in [0.717, 1.165) is 43.7 Å². The van der Waals surface area contributed by atoms with Gasteiger partial charge in [0.15, 0.2) is 5.76 Å². The van der Waals surface area contributed by atoms with Crippen LogP contribution in [0.15, 0.2) is 53.7 Å². The molecule has 2 aromatic rings. The smallest absolute Gasteiger partial charge is 0.293 e. The van der Waals surface area contributed by atoms with E-state index < -0.39 is 0 Å². The van der Waals surface area contributed by atoms with Gasteiger partial charge in [0.1, 0.15) is 5.82 Å². The Morgan fingerprint density at radius 3 is 2.80 bits per heavy atom. The summed E-state index contributed by atoms with van der Waals surface area (Å²) in [5.41, 5.74) is 1.57. The van der Waals surface area contributed by atoms with Gasteiger partial charge < -0.3 is 9.32 Å². The second-order valence-corrected chi connectivity index (χ2v) is 6.90. The molecule has 0 unspecified atom stereocenters. The van der Waals surface area contributed by atoms with Crippen molar-refractivity contribution in [1.29, 1.82) is 0 Å². The second-order valence-electron chi connectivity index (χ2n) is 6.90. The number of furan rings is 1. The van der Waals surface area contributed by atoms with E-state index in [1.807, 2.05) is 6.08 Å². The van der Waals surface area contributed by atoms with Crippen LogP contribution in [0.1, 0.15) is 29.0 Å². The zero-order valence-corrected chi connectivity index (χ0v) is 14.1. The fourth-order valence-electron chi connectivity index (χ4n) is 4.13. The largest absolute Gasteiger partial charge is 0.459 e. The van der Waals surface area contributed by atoms with Crippen LogP contribution in [0.25, 0.3) is 0 Å². The van der Waals surface area contributed by atoms with Crippen LogP contribution < -0.4 is 4.90 Å². The van der Waals surface area contributed by atoms with Crippen LogP contribution in [-0.2, 0) is 5.41 Å². The molecule has 3 heterocycles. The van der Waals surface area contributed by atoms with Gasteiger partial charge in [-0.15, -0.1) is 6.58 Å². The molecular formula is C20H21FN2O2. The summed E-state index contributed by atoms with van der Waals surface area (Å²) >= 11 is 0. The topological polar surface area (TPSA) is 36.7 Å². The van der Waals surface area contributed by atoms with Gasteiger partial charge in [0.25, 0.3) is 5.91 Å². The summed E-state index contributed by atoms with van der Waals surface area (Å²) in [6.07, 6.45) is 5.21. The van der Waals surface area contributed by atoms with Crippen molar-refractivity contribution >= 4 is 11.6 Å². The molecule has 25 heavy (non-hydrogen) atoms. The Balaban J connectivity index is 1.68. The Bertz CT molecular complexity index is 792. The van der Waals surface area contributed by atoms with Crippen molar-refractivity contribution in [1.82, 2.24) is 4.90 Å². The van der Waals surface area contributed by atoms with E-state index in [0.29, 0.717) is 12.3 Å². The van der Waals surface area contributed by atoms with Gasteiger partial charge in [-0.2, -0.15) is 0 Å². The van der Waals surface area contributed by atoms with Crippen molar-refractivity contribution in [2.75, 3.05) is 31.1 Å². The maximum absolute atomic E-state index is 14.0. The predicted octanol–water partition coefficient (Wildman–Crippen LogP) is 3.60. The molecule has 1 saturated heterocycles. The molecule has 2 aliphatic rings. The van der Waals surface area contributed by atoms with Crippen LogP contribution in [0.5, 0.6) is 0 Å². The number of hydrogen-bond acceptors (Lipinski definition) is 3. The van der Waals surface area contributed by atoms with Crippen molar-refractivity contribution in [3.05, 3.63) is 66.4 Å². The molecule has 0 bridgehead atoms. The molecule has 0 N–H and O–H groups in total. The number of anilines is 1. The number of halogens is 1. The van der Waals surface area contributed by atoms with Gasteiger partial charge >= 0.3 is 0 Å². The highest BCUT2D eigenvalue weighted by Gasteiger charge is 2.46. The average molecular weight is 340 g/mol.